The maximum absolute atomic E-state index is 12.9. The van der Waals surface area contributed by atoms with Crippen molar-refractivity contribution in [3.63, 3.8) is 0 Å². The Labute approximate surface area is 141 Å². The number of anilines is 2. The van der Waals surface area contributed by atoms with Gasteiger partial charge in [-0.3, -0.25) is 9.78 Å². The van der Waals surface area contributed by atoms with E-state index in [0.29, 0.717) is 22.5 Å². The summed E-state index contributed by atoms with van der Waals surface area (Å²) in [5.41, 5.74) is 8.15. The maximum Gasteiger partial charge on any atom is 0.275 e. The van der Waals surface area contributed by atoms with E-state index >= 15 is 0 Å². The van der Waals surface area contributed by atoms with E-state index in [1.165, 1.54) is 24.7 Å². The first-order chi connectivity index (χ1) is 12.1. The third-order valence-corrected chi connectivity index (χ3v) is 3.44. The fourth-order valence-electron chi connectivity index (χ4n) is 2.12. The van der Waals surface area contributed by atoms with Gasteiger partial charge in [-0.2, -0.15) is 4.39 Å². The number of hydrogen-bond donors (Lipinski definition) is 2. The summed E-state index contributed by atoms with van der Waals surface area (Å²) in [6.45, 7) is -0.754. The third-order valence-electron chi connectivity index (χ3n) is 3.44. The first kappa shape index (κ1) is 16.4. The van der Waals surface area contributed by atoms with Crippen LogP contribution < -0.4 is 11.1 Å². The molecule has 0 spiro atoms. The molecule has 2 aromatic heterocycles. The highest BCUT2D eigenvalue weighted by atomic mass is 19.1. The van der Waals surface area contributed by atoms with Gasteiger partial charge in [0.25, 0.3) is 5.91 Å². The highest BCUT2D eigenvalue weighted by Gasteiger charge is 2.11. The second-order valence-electron chi connectivity index (χ2n) is 5.15. The normalized spacial score (nSPS) is 10.5. The van der Waals surface area contributed by atoms with Gasteiger partial charge in [-0.15, -0.1) is 0 Å². The van der Waals surface area contributed by atoms with Gasteiger partial charge in [0.1, 0.15) is 12.4 Å². The maximum atomic E-state index is 12.9. The Morgan fingerprint density at radius 2 is 1.84 bits per heavy atom. The van der Waals surface area contributed by atoms with E-state index < -0.39 is 18.5 Å². The lowest BCUT2D eigenvalue weighted by molar-refractivity contribution is 0.102. The van der Waals surface area contributed by atoms with Crippen molar-refractivity contribution < 1.29 is 13.6 Å². The number of benzene rings is 1. The average molecular weight is 341 g/mol. The van der Waals surface area contributed by atoms with Gasteiger partial charge in [0.15, 0.2) is 0 Å². The molecule has 0 atom stereocenters. The summed E-state index contributed by atoms with van der Waals surface area (Å²) < 4.78 is 25.4. The van der Waals surface area contributed by atoms with Gasteiger partial charge in [-0.25, -0.2) is 14.4 Å². The zero-order chi connectivity index (χ0) is 17.8. The molecule has 0 unspecified atom stereocenters. The number of carbonyl (C=O) groups is 1. The smallest absolute Gasteiger partial charge is 0.275 e. The molecule has 0 radical (unpaired) electrons. The van der Waals surface area contributed by atoms with Crippen LogP contribution in [0.25, 0.3) is 11.1 Å². The van der Waals surface area contributed by atoms with Crippen molar-refractivity contribution in [2.24, 2.45) is 0 Å². The molecule has 0 aliphatic rings. The van der Waals surface area contributed by atoms with Crippen LogP contribution in [0.5, 0.6) is 0 Å². The molecule has 3 N–H and O–H groups in total. The van der Waals surface area contributed by atoms with E-state index in [9.17, 15) is 13.6 Å². The number of halogens is 2. The second kappa shape index (κ2) is 7.00. The number of nitrogens with two attached hydrogens (primary N) is 1. The Morgan fingerprint density at radius 3 is 2.48 bits per heavy atom. The molecule has 1 amide bonds. The molecular formula is C17H13F2N5O. The standard InChI is InChI=1S/C17H13F2N5O/c18-6-12-8-22-15(9-21-12)17(25)24-14-5-10(1-3-13(14)20)11-2-4-16(19)23-7-11/h1-5,7-9H,6,20H2,(H,24,25). The van der Waals surface area contributed by atoms with Gasteiger partial charge in [-0.05, 0) is 29.8 Å². The minimum absolute atomic E-state index is 0.0328. The molecule has 0 aliphatic carbocycles. The third kappa shape index (κ3) is 3.74. The molecule has 25 heavy (non-hydrogen) atoms. The molecule has 3 rings (SSSR count). The van der Waals surface area contributed by atoms with E-state index in [1.54, 1.807) is 24.3 Å². The van der Waals surface area contributed by atoms with Crippen LogP contribution in [0.15, 0.2) is 48.9 Å². The quantitative estimate of drug-likeness (QED) is 0.562. The molecule has 0 fully saturated rings. The highest BCUT2D eigenvalue weighted by molar-refractivity contribution is 6.04. The monoisotopic (exact) mass is 341 g/mol. The zero-order valence-electron chi connectivity index (χ0n) is 12.9. The Balaban J connectivity index is 1.84. The molecule has 3 aromatic rings. The number of aromatic nitrogens is 3. The van der Waals surface area contributed by atoms with Crippen molar-refractivity contribution in [2.75, 3.05) is 11.1 Å². The van der Waals surface area contributed by atoms with E-state index in [4.69, 9.17) is 5.73 Å². The molecule has 6 nitrogen and oxygen atoms in total. The molecular weight excluding hydrogens is 328 g/mol. The number of nitrogens with one attached hydrogen (secondary N) is 1. The number of alkyl halides is 1. The summed E-state index contributed by atoms with van der Waals surface area (Å²) in [4.78, 5) is 23.5. The Bertz CT molecular complexity index is 898. The predicted octanol–water partition coefficient (Wildman–Crippen LogP) is 2.98. The van der Waals surface area contributed by atoms with Gasteiger partial charge in [0, 0.05) is 11.8 Å². The van der Waals surface area contributed by atoms with E-state index in [1.807, 2.05) is 0 Å². The van der Waals surface area contributed by atoms with Crippen molar-refractivity contribution in [1.29, 1.82) is 0 Å². The summed E-state index contributed by atoms with van der Waals surface area (Å²) in [5, 5.41) is 2.63. The van der Waals surface area contributed by atoms with Crippen molar-refractivity contribution in [3.8, 4) is 11.1 Å². The van der Waals surface area contributed by atoms with Gasteiger partial charge in [0.05, 0.1) is 29.5 Å². The molecule has 126 valence electrons. The van der Waals surface area contributed by atoms with Gasteiger partial charge < -0.3 is 11.1 Å². The molecule has 8 heteroatoms. The van der Waals surface area contributed by atoms with Gasteiger partial charge >= 0.3 is 0 Å². The number of nitrogen functional groups attached to an aromatic ring is 1. The number of rotatable bonds is 4. The lowest BCUT2D eigenvalue weighted by Crippen LogP contribution is -2.15. The first-order valence-electron chi connectivity index (χ1n) is 7.26. The van der Waals surface area contributed by atoms with Crippen LogP contribution in [-0.2, 0) is 6.67 Å². The minimum Gasteiger partial charge on any atom is -0.397 e. The van der Waals surface area contributed by atoms with Gasteiger partial charge in [0.2, 0.25) is 5.95 Å². The Morgan fingerprint density at radius 1 is 1.04 bits per heavy atom. The van der Waals surface area contributed by atoms with Gasteiger partial charge in [-0.1, -0.05) is 6.07 Å². The van der Waals surface area contributed by atoms with Crippen LogP contribution in [0.2, 0.25) is 0 Å². The highest BCUT2D eigenvalue weighted by Crippen LogP contribution is 2.27. The van der Waals surface area contributed by atoms with Crippen molar-refractivity contribution in [1.82, 2.24) is 15.0 Å². The molecule has 0 aliphatic heterocycles. The SMILES string of the molecule is Nc1ccc(-c2ccc(F)nc2)cc1NC(=O)c1cnc(CF)cn1. The first-order valence-corrected chi connectivity index (χ1v) is 7.26. The summed E-state index contributed by atoms with van der Waals surface area (Å²) >= 11 is 0. The Kier molecular flexibility index (Phi) is 4.60. The molecule has 1 aromatic carbocycles. The summed E-state index contributed by atoms with van der Waals surface area (Å²) in [6.07, 6.45) is 3.76. The number of amides is 1. The number of carbonyl (C=O) groups excluding carboxylic acids is 1. The van der Waals surface area contributed by atoms with Crippen LogP contribution >= 0.6 is 0 Å². The van der Waals surface area contributed by atoms with Crippen LogP contribution in [0.3, 0.4) is 0 Å². The fourth-order valence-corrected chi connectivity index (χ4v) is 2.12. The molecule has 2 heterocycles. The molecule has 0 bridgehead atoms. The van der Waals surface area contributed by atoms with Crippen LogP contribution in [0, 0.1) is 5.95 Å². The number of nitrogens with zero attached hydrogens (tertiary/aromatic N) is 3. The molecule has 0 saturated heterocycles. The number of pyridine rings is 1. The predicted molar refractivity (Wildman–Crippen MR) is 88.8 cm³/mol. The minimum atomic E-state index is -0.754. The summed E-state index contributed by atoms with van der Waals surface area (Å²) in [7, 11) is 0. The van der Waals surface area contributed by atoms with Crippen molar-refractivity contribution >= 4 is 17.3 Å². The van der Waals surface area contributed by atoms with E-state index in [0.717, 1.165) is 0 Å². The van der Waals surface area contributed by atoms with E-state index in [-0.39, 0.29) is 11.4 Å². The Hall–Kier alpha value is -3.42. The topological polar surface area (TPSA) is 93.8 Å². The lowest BCUT2D eigenvalue weighted by Gasteiger charge is -2.10. The number of hydrogen-bond acceptors (Lipinski definition) is 5. The molecule has 0 saturated carbocycles. The van der Waals surface area contributed by atoms with Crippen molar-refractivity contribution in [2.45, 2.75) is 6.67 Å². The van der Waals surface area contributed by atoms with Crippen LogP contribution in [0.1, 0.15) is 16.2 Å². The lowest BCUT2D eigenvalue weighted by atomic mass is 10.1. The zero-order valence-corrected chi connectivity index (χ0v) is 12.9. The second-order valence-corrected chi connectivity index (χ2v) is 5.15. The summed E-state index contributed by atoms with van der Waals surface area (Å²) in [6, 6.07) is 7.81. The van der Waals surface area contributed by atoms with E-state index in [2.05, 4.69) is 20.3 Å². The van der Waals surface area contributed by atoms with Crippen LogP contribution in [-0.4, -0.2) is 20.9 Å². The largest absolute Gasteiger partial charge is 0.397 e. The summed E-state index contributed by atoms with van der Waals surface area (Å²) in [5.74, 6) is -1.11. The van der Waals surface area contributed by atoms with Crippen molar-refractivity contribution in [3.05, 3.63) is 66.3 Å². The average Bonchev–Trinajstić information content (AvgIpc) is 2.64. The fraction of sp³-hybridized carbons (Fsp3) is 0.0588. The van der Waals surface area contributed by atoms with Crippen LogP contribution in [0.4, 0.5) is 20.2 Å².